The molecule has 4 heteroatoms. The van der Waals surface area contributed by atoms with Gasteiger partial charge in [0.2, 0.25) is 5.91 Å². The Labute approximate surface area is 151 Å². The molecule has 0 aliphatic carbocycles. The lowest BCUT2D eigenvalue weighted by atomic mass is 10.0. The monoisotopic (exact) mass is 345 g/mol. The first-order valence-electron chi connectivity index (χ1n) is 8.98. The van der Waals surface area contributed by atoms with Crippen LogP contribution in [0.25, 0.3) is 6.08 Å². The Hall–Kier alpha value is -2.10. The number of hydrogen-bond donors (Lipinski definition) is 1. The molecule has 1 aromatic rings. The molecule has 0 radical (unpaired) electrons. The van der Waals surface area contributed by atoms with Crippen LogP contribution < -0.4 is 5.32 Å². The number of rotatable bonds is 8. The number of carbonyl (C=O) groups excluding carboxylic acids is 2. The lowest BCUT2D eigenvalue weighted by Crippen LogP contribution is -2.42. The molecule has 25 heavy (non-hydrogen) atoms. The second-order valence-corrected chi connectivity index (χ2v) is 7.33. The average molecular weight is 345 g/mol. The van der Waals surface area contributed by atoms with Gasteiger partial charge in [-0.05, 0) is 49.3 Å². The molecule has 0 saturated carbocycles. The largest absolute Gasteiger partial charge is 0.461 e. The van der Waals surface area contributed by atoms with Gasteiger partial charge in [-0.25, -0.2) is 4.79 Å². The van der Waals surface area contributed by atoms with Crippen molar-refractivity contribution >= 4 is 18.0 Å². The van der Waals surface area contributed by atoms with Gasteiger partial charge >= 0.3 is 5.97 Å². The molecule has 1 amide bonds. The summed E-state index contributed by atoms with van der Waals surface area (Å²) in [7, 11) is 0. The summed E-state index contributed by atoms with van der Waals surface area (Å²) in [6.45, 7) is 11.9. The Kier molecular flexibility index (Phi) is 8.39. The van der Waals surface area contributed by atoms with Crippen LogP contribution in [0, 0.1) is 5.92 Å². The summed E-state index contributed by atoms with van der Waals surface area (Å²) in [6, 6.07) is 7.46. The Balaban J connectivity index is 2.70. The smallest absolute Gasteiger partial charge is 0.328 e. The Morgan fingerprint density at radius 1 is 1.04 bits per heavy atom. The Bertz CT molecular complexity index is 586. The van der Waals surface area contributed by atoms with Gasteiger partial charge in [0.1, 0.15) is 6.04 Å². The number of benzene rings is 1. The predicted molar refractivity (Wildman–Crippen MR) is 102 cm³/mol. The van der Waals surface area contributed by atoms with Gasteiger partial charge in [0, 0.05) is 6.08 Å². The van der Waals surface area contributed by atoms with E-state index in [-0.39, 0.29) is 23.9 Å². The van der Waals surface area contributed by atoms with Crippen LogP contribution in [0.15, 0.2) is 30.3 Å². The number of esters is 1. The third-order valence-corrected chi connectivity index (χ3v) is 3.69. The van der Waals surface area contributed by atoms with Gasteiger partial charge in [-0.2, -0.15) is 0 Å². The average Bonchev–Trinajstić information content (AvgIpc) is 2.51. The van der Waals surface area contributed by atoms with Crippen LogP contribution >= 0.6 is 0 Å². The van der Waals surface area contributed by atoms with Crippen LogP contribution in [-0.2, 0) is 14.3 Å². The number of ether oxygens (including phenoxy) is 1. The zero-order valence-corrected chi connectivity index (χ0v) is 16.2. The maximum atomic E-state index is 12.2. The highest BCUT2D eigenvalue weighted by Gasteiger charge is 2.23. The van der Waals surface area contributed by atoms with E-state index in [2.05, 4.69) is 31.3 Å². The second kappa shape index (κ2) is 10.0. The van der Waals surface area contributed by atoms with E-state index in [1.807, 2.05) is 26.0 Å². The third-order valence-electron chi connectivity index (χ3n) is 3.69. The summed E-state index contributed by atoms with van der Waals surface area (Å²) in [5, 5.41) is 2.75. The minimum Gasteiger partial charge on any atom is -0.461 e. The normalized spacial score (nSPS) is 12.8. The van der Waals surface area contributed by atoms with E-state index in [1.165, 1.54) is 11.6 Å². The molecule has 0 bridgehead atoms. The van der Waals surface area contributed by atoms with Gasteiger partial charge in [0.15, 0.2) is 0 Å². The molecule has 0 aromatic heterocycles. The van der Waals surface area contributed by atoms with Gasteiger partial charge in [-0.3, -0.25) is 4.79 Å². The summed E-state index contributed by atoms with van der Waals surface area (Å²) in [5.41, 5.74) is 2.21. The summed E-state index contributed by atoms with van der Waals surface area (Å²) >= 11 is 0. The predicted octanol–water partition coefficient (Wildman–Crippen LogP) is 4.31. The van der Waals surface area contributed by atoms with E-state index >= 15 is 0 Å². The van der Waals surface area contributed by atoms with Crippen LogP contribution in [0.4, 0.5) is 0 Å². The van der Waals surface area contributed by atoms with Gasteiger partial charge in [0.25, 0.3) is 0 Å². The SMILES string of the molecule is CC(C)C[C@H](NC(=O)/C=C/c1ccc(C(C)C)cc1)C(=O)OC(C)C. The number of amides is 1. The van der Waals surface area contributed by atoms with E-state index in [1.54, 1.807) is 19.9 Å². The molecule has 1 atom stereocenters. The van der Waals surface area contributed by atoms with Gasteiger partial charge in [-0.15, -0.1) is 0 Å². The van der Waals surface area contributed by atoms with Crippen molar-refractivity contribution in [1.82, 2.24) is 5.32 Å². The van der Waals surface area contributed by atoms with Crippen LogP contribution in [0.2, 0.25) is 0 Å². The first kappa shape index (κ1) is 20.9. The molecular weight excluding hydrogens is 314 g/mol. The lowest BCUT2D eigenvalue weighted by Gasteiger charge is -2.20. The highest BCUT2D eigenvalue weighted by Crippen LogP contribution is 2.15. The molecular formula is C21H31NO3. The molecule has 0 unspecified atom stereocenters. The molecule has 1 rings (SSSR count). The quantitative estimate of drug-likeness (QED) is 0.564. The van der Waals surface area contributed by atoms with Crippen LogP contribution in [0.1, 0.15) is 65.0 Å². The van der Waals surface area contributed by atoms with Crippen molar-refractivity contribution in [2.75, 3.05) is 0 Å². The van der Waals surface area contributed by atoms with Crippen molar-refractivity contribution in [1.29, 1.82) is 0 Å². The molecule has 0 saturated heterocycles. The third kappa shape index (κ3) is 8.01. The summed E-state index contributed by atoms with van der Waals surface area (Å²) in [5.74, 6) is 0.0775. The zero-order chi connectivity index (χ0) is 19.0. The Morgan fingerprint density at radius 2 is 1.64 bits per heavy atom. The molecule has 0 spiro atoms. The molecule has 1 aromatic carbocycles. The van der Waals surface area contributed by atoms with E-state index in [0.29, 0.717) is 12.3 Å². The molecule has 0 aliphatic rings. The fourth-order valence-electron chi connectivity index (χ4n) is 2.38. The minimum absolute atomic E-state index is 0.200. The van der Waals surface area contributed by atoms with Crippen molar-refractivity contribution in [2.24, 2.45) is 5.92 Å². The Morgan fingerprint density at radius 3 is 2.12 bits per heavy atom. The molecule has 4 nitrogen and oxygen atoms in total. The molecule has 0 fully saturated rings. The molecule has 1 N–H and O–H groups in total. The van der Waals surface area contributed by atoms with E-state index in [0.717, 1.165) is 5.56 Å². The topological polar surface area (TPSA) is 55.4 Å². The van der Waals surface area contributed by atoms with E-state index in [4.69, 9.17) is 4.74 Å². The highest BCUT2D eigenvalue weighted by atomic mass is 16.5. The number of nitrogens with one attached hydrogen (secondary N) is 1. The fourth-order valence-corrected chi connectivity index (χ4v) is 2.38. The fraction of sp³-hybridized carbons (Fsp3) is 0.524. The highest BCUT2D eigenvalue weighted by molar-refractivity contribution is 5.94. The van der Waals surface area contributed by atoms with Crippen molar-refractivity contribution in [3.05, 3.63) is 41.5 Å². The number of carbonyl (C=O) groups is 2. The van der Waals surface area contributed by atoms with Crippen molar-refractivity contribution < 1.29 is 14.3 Å². The second-order valence-electron chi connectivity index (χ2n) is 7.33. The maximum absolute atomic E-state index is 12.2. The van der Waals surface area contributed by atoms with E-state index in [9.17, 15) is 9.59 Å². The van der Waals surface area contributed by atoms with Gasteiger partial charge in [0.05, 0.1) is 6.10 Å². The van der Waals surface area contributed by atoms with E-state index < -0.39 is 6.04 Å². The number of hydrogen-bond acceptors (Lipinski definition) is 3. The first-order chi connectivity index (χ1) is 11.7. The van der Waals surface area contributed by atoms with Crippen molar-refractivity contribution in [3.63, 3.8) is 0 Å². The minimum atomic E-state index is -0.622. The first-order valence-corrected chi connectivity index (χ1v) is 8.98. The lowest BCUT2D eigenvalue weighted by molar-refractivity contribution is -0.151. The molecule has 138 valence electrons. The maximum Gasteiger partial charge on any atom is 0.328 e. The summed E-state index contributed by atoms with van der Waals surface area (Å²) in [6.07, 6.45) is 3.56. The van der Waals surface area contributed by atoms with Gasteiger partial charge < -0.3 is 10.1 Å². The molecule has 0 heterocycles. The summed E-state index contributed by atoms with van der Waals surface area (Å²) in [4.78, 5) is 24.3. The van der Waals surface area contributed by atoms with Crippen molar-refractivity contribution in [3.8, 4) is 0 Å². The van der Waals surface area contributed by atoms with Gasteiger partial charge in [-0.1, -0.05) is 52.0 Å². The van der Waals surface area contributed by atoms with Crippen LogP contribution in [-0.4, -0.2) is 24.0 Å². The standard InChI is InChI=1S/C21H31NO3/c1-14(2)13-19(21(24)25-16(5)6)22-20(23)12-9-17-7-10-18(11-8-17)15(3)4/h7-12,14-16,19H,13H2,1-6H3,(H,22,23)/b12-9+/t19-/m0/s1. The zero-order valence-electron chi connectivity index (χ0n) is 16.2. The summed E-state index contributed by atoms with van der Waals surface area (Å²) < 4.78 is 5.23. The van der Waals surface area contributed by atoms with Crippen LogP contribution in [0.3, 0.4) is 0 Å². The van der Waals surface area contributed by atoms with Crippen LogP contribution in [0.5, 0.6) is 0 Å². The van der Waals surface area contributed by atoms with Crippen molar-refractivity contribution in [2.45, 2.75) is 66.0 Å². The molecule has 0 aliphatic heterocycles.